The van der Waals surface area contributed by atoms with Gasteiger partial charge in [-0.3, -0.25) is 14.9 Å². The van der Waals surface area contributed by atoms with Crippen molar-refractivity contribution < 1.29 is 19.4 Å². The van der Waals surface area contributed by atoms with Crippen molar-refractivity contribution in [1.29, 1.82) is 0 Å². The maximum Gasteiger partial charge on any atom is 0.320 e. The van der Waals surface area contributed by atoms with Crippen molar-refractivity contribution in [2.45, 2.75) is 45.7 Å². The molecule has 0 aliphatic heterocycles. The average molecular weight is 308 g/mol. The Balaban J connectivity index is 2.92. The summed E-state index contributed by atoms with van der Waals surface area (Å²) in [7, 11) is 0. The number of rotatable bonds is 9. The van der Waals surface area contributed by atoms with Crippen LogP contribution in [0, 0.1) is 0 Å². The van der Waals surface area contributed by atoms with Gasteiger partial charge in [-0.05, 0) is 38.0 Å². The van der Waals surface area contributed by atoms with Crippen LogP contribution in [0.5, 0.6) is 5.75 Å². The van der Waals surface area contributed by atoms with Gasteiger partial charge in [0, 0.05) is 5.56 Å². The van der Waals surface area contributed by atoms with Gasteiger partial charge in [0.15, 0.2) is 5.78 Å². The fraction of sp³-hybridized carbons (Fsp3) is 0.500. The zero-order chi connectivity index (χ0) is 16.7. The van der Waals surface area contributed by atoms with Gasteiger partial charge in [-0.15, -0.1) is 0 Å². The predicted molar refractivity (Wildman–Crippen MR) is 85.3 cm³/mol. The molecule has 0 aliphatic carbocycles. The van der Waals surface area contributed by atoms with Crippen LogP contribution in [0.1, 0.15) is 44.0 Å². The van der Waals surface area contributed by atoms with Crippen LogP contribution >= 0.6 is 0 Å². The number of ketones is 1. The van der Waals surface area contributed by atoms with E-state index in [0.717, 1.165) is 0 Å². The Bertz CT molecular complexity index is 531. The van der Waals surface area contributed by atoms with Crippen LogP contribution in [0.3, 0.4) is 0 Å². The number of nitrogens with one attached hydrogen (secondary N) is 1. The Labute approximate surface area is 130 Å². The van der Waals surface area contributed by atoms with Crippen molar-refractivity contribution in [2.75, 3.05) is 12.3 Å². The number of benzene rings is 1. The van der Waals surface area contributed by atoms with Gasteiger partial charge in [-0.2, -0.15) is 0 Å². The lowest BCUT2D eigenvalue weighted by atomic mass is 10.00. The molecule has 2 atom stereocenters. The summed E-state index contributed by atoms with van der Waals surface area (Å²) in [5.41, 5.74) is 6.71. The third-order valence-corrected chi connectivity index (χ3v) is 3.43. The SMILES string of the molecule is CCOc1ccc(C(=O)C(CC)NC(CC)C(=O)O)cc1N. The van der Waals surface area contributed by atoms with Gasteiger partial charge in [0.05, 0.1) is 18.3 Å². The lowest BCUT2D eigenvalue weighted by Crippen LogP contribution is -2.46. The lowest BCUT2D eigenvalue weighted by Gasteiger charge is -2.20. The summed E-state index contributed by atoms with van der Waals surface area (Å²) in [6.45, 7) is 5.94. The zero-order valence-corrected chi connectivity index (χ0v) is 13.3. The van der Waals surface area contributed by atoms with Crippen LogP contribution in [0.25, 0.3) is 0 Å². The van der Waals surface area contributed by atoms with Gasteiger partial charge in [-0.1, -0.05) is 13.8 Å². The first-order chi connectivity index (χ1) is 10.4. The minimum Gasteiger partial charge on any atom is -0.492 e. The van der Waals surface area contributed by atoms with Crippen molar-refractivity contribution in [3.05, 3.63) is 23.8 Å². The molecule has 1 rings (SSSR count). The molecule has 0 fully saturated rings. The number of aliphatic carboxylic acids is 1. The number of anilines is 1. The first-order valence-electron chi connectivity index (χ1n) is 7.49. The van der Waals surface area contributed by atoms with Gasteiger partial charge in [-0.25, -0.2) is 0 Å². The summed E-state index contributed by atoms with van der Waals surface area (Å²) in [6.07, 6.45) is 0.903. The lowest BCUT2D eigenvalue weighted by molar-refractivity contribution is -0.139. The highest BCUT2D eigenvalue weighted by atomic mass is 16.5. The summed E-state index contributed by atoms with van der Waals surface area (Å²) < 4.78 is 5.34. The minimum absolute atomic E-state index is 0.169. The zero-order valence-electron chi connectivity index (χ0n) is 13.3. The number of carbonyl (C=O) groups is 2. The normalized spacial score (nSPS) is 13.4. The molecule has 1 aromatic rings. The van der Waals surface area contributed by atoms with E-state index in [0.29, 0.717) is 36.4 Å². The molecule has 2 unspecified atom stereocenters. The number of hydrogen-bond acceptors (Lipinski definition) is 5. The van der Waals surface area contributed by atoms with Gasteiger partial charge in [0.1, 0.15) is 11.8 Å². The molecule has 0 saturated heterocycles. The monoisotopic (exact) mass is 308 g/mol. The van der Waals surface area contributed by atoms with Crippen molar-refractivity contribution >= 4 is 17.4 Å². The Morgan fingerprint density at radius 3 is 2.32 bits per heavy atom. The Morgan fingerprint density at radius 2 is 1.86 bits per heavy atom. The number of nitrogens with two attached hydrogens (primary N) is 1. The largest absolute Gasteiger partial charge is 0.492 e. The van der Waals surface area contributed by atoms with E-state index < -0.39 is 18.1 Å². The third-order valence-electron chi connectivity index (χ3n) is 3.43. The summed E-state index contributed by atoms with van der Waals surface area (Å²) in [6, 6.07) is 3.58. The Morgan fingerprint density at radius 1 is 1.23 bits per heavy atom. The fourth-order valence-electron chi connectivity index (χ4n) is 2.18. The molecule has 0 aromatic heterocycles. The summed E-state index contributed by atoms with van der Waals surface area (Å²) in [4.78, 5) is 23.6. The maximum absolute atomic E-state index is 12.5. The molecule has 0 bridgehead atoms. The summed E-state index contributed by atoms with van der Waals surface area (Å²) in [5, 5.41) is 12.0. The number of ether oxygens (including phenoxy) is 1. The van der Waals surface area contributed by atoms with Crippen LogP contribution in [0.2, 0.25) is 0 Å². The number of Topliss-reactive ketones (excluding diaryl/α,β-unsaturated/α-hetero) is 1. The molecular weight excluding hydrogens is 284 g/mol. The topological polar surface area (TPSA) is 102 Å². The van der Waals surface area contributed by atoms with Gasteiger partial charge in [0.25, 0.3) is 0 Å². The molecule has 6 heteroatoms. The van der Waals surface area contributed by atoms with Crippen molar-refractivity contribution in [3.8, 4) is 5.75 Å². The van der Waals surface area contributed by atoms with E-state index >= 15 is 0 Å². The molecule has 6 nitrogen and oxygen atoms in total. The first-order valence-corrected chi connectivity index (χ1v) is 7.49. The highest BCUT2D eigenvalue weighted by Crippen LogP contribution is 2.23. The molecule has 0 spiro atoms. The molecule has 122 valence electrons. The quantitative estimate of drug-likeness (QED) is 0.477. The molecule has 22 heavy (non-hydrogen) atoms. The second-order valence-corrected chi connectivity index (χ2v) is 4.98. The van der Waals surface area contributed by atoms with Crippen molar-refractivity contribution in [1.82, 2.24) is 5.32 Å². The van der Waals surface area contributed by atoms with Crippen molar-refractivity contribution in [2.24, 2.45) is 0 Å². The molecule has 0 heterocycles. The molecule has 0 aliphatic rings. The Kier molecular flexibility index (Phi) is 6.85. The van der Waals surface area contributed by atoms with E-state index in [1.165, 1.54) is 0 Å². The molecule has 1 aromatic carbocycles. The van der Waals surface area contributed by atoms with Gasteiger partial charge in [0.2, 0.25) is 0 Å². The summed E-state index contributed by atoms with van der Waals surface area (Å²) in [5.74, 6) is -0.589. The smallest absolute Gasteiger partial charge is 0.320 e. The second kappa shape index (κ2) is 8.38. The van der Waals surface area contributed by atoms with E-state index in [2.05, 4.69) is 5.32 Å². The number of nitrogen functional groups attached to an aromatic ring is 1. The number of hydrogen-bond donors (Lipinski definition) is 3. The molecule has 0 amide bonds. The van der Waals surface area contributed by atoms with Gasteiger partial charge >= 0.3 is 5.97 Å². The van der Waals surface area contributed by atoms with E-state index in [4.69, 9.17) is 15.6 Å². The second-order valence-electron chi connectivity index (χ2n) is 4.98. The average Bonchev–Trinajstić information content (AvgIpc) is 2.49. The fourth-order valence-corrected chi connectivity index (χ4v) is 2.18. The van der Waals surface area contributed by atoms with Crippen LogP contribution < -0.4 is 15.8 Å². The highest BCUT2D eigenvalue weighted by Gasteiger charge is 2.24. The van der Waals surface area contributed by atoms with Gasteiger partial charge < -0.3 is 15.6 Å². The predicted octanol–water partition coefficient (Wildman–Crippen LogP) is 2.08. The van der Waals surface area contributed by atoms with Crippen LogP contribution in [-0.4, -0.2) is 35.5 Å². The number of carboxylic acid groups (broad SMARTS) is 1. The molecule has 0 radical (unpaired) electrons. The van der Waals surface area contributed by atoms with Crippen LogP contribution in [0.4, 0.5) is 5.69 Å². The first kappa shape index (κ1) is 18.0. The minimum atomic E-state index is -0.958. The molecule has 4 N–H and O–H groups in total. The molecular formula is C16H24N2O4. The number of carboxylic acids is 1. The highest BCUT2D eigenvalue weighted by molar-refractivity contribution is 6.01. The summed E-state index contributed by atoms with van der Waals surface area (Å²) >= 11 is 0. The maximum atomic E-state index is 12.5. The third kappa shape index (κ3) is 4.46. The van der Waals surface area contributed by atoms with E-state index in [1.54, 1.807) is 25.1 Å². The van der Waals surface area contributed by atoms with Crippen LogP contribution in [0.15, 0.2) is 18.2 Å². The van der Waals surface area contributed by atoms with Crippen LogP contribution in [-0.2, 0) is 4.79 Å². The number of carbonyl (C=O) groups excluding carboxylic acids is 1. The Hall–Kier alpha value is -2.08. The van der Waals surface area contributed by atoms with E-state index in [-0.39, 0.29) is 5.78 Å². The molecule has 0 saturated carbocycles. The van der Waals surface area contributed by atoms with E-state index in [1.807, 2.05) is 13.8 Å². The van der Waals surface area contributed by atoms with E-state index in [9.17, 15) is 9.59 Å². The van der Waals surface area contributed by atoms with Crippen molar-refractivity contribution in [3.63, 3.8) is 0 Å². The standard InChI is InChI=1S/C16H24N2O4/c1-4-12(18-13(5-2)16(20)21)15(19)10-7-8-14(22-6-3)11(17)9-10/h7-9,12-13,18H,4-6,17H2,1-3H3,(H,20,21).